The molecule has 0 bridgehead atoms. The molecule has 0 aliphatic carbocycles. The maximum absolute atomic E-state index is 5.71. The van der Waals surface area contributed by atoms with Gasteiger partial charge >= 0.3 is 0 Å². The third kappa shape index (κ3) is 2.60. The molecule has 2 nitrogen and oxygen atoms in total. The molecule has 0 saturated carbocycles. The molecule has 0 aliphatic heterocycles. The molecule has 1 aromatic heterocycles. The maximum atomic E-state index is 5.71. The molecule has 0 spiro atoms. The predicted molar refractivity (Wildman–Crippen MR) is 48.3 cm³/mol. The van der Waals surface area contributed by atoms with E-state index in [1.54, 1.807) is 30.1 Å². The number of thioether (sulfide) groups is 1. The summed E-state index contributed by atoms with van der Waals surface area (Å²) in [7, 11) is 0. The molecule has 0 atom stereocenters. The lowest BCUT2D eigenvalue weighted by Gasteiger charge is -2.03. The van der Waals surface area contributed by atoms with Gasteiger partial charge in [-0.1, -0.05) is 11.6 Å². The lowest BCUT2D eigenvalue weighted by atomic mass is 10.5. The van der Waals surface area contributed by atoms with Crippen molar-refractivity contribution in [3.05, 3.63) is 23.5 Å². The molecular weight excluding hydrogens is 182 g/mol. The van der Waals surface area contributed by atoms with Crippen LogP contribution in [0.4, 0.5) is 0 Å². The second-order valence-corrected chi connectivity index (χ2v) is 3.01. The molecule has 0 N–H and O–H groups in total. The lowest BCUT2D eigenvalue weighted by molar-refractivity contribution is 0.392. The first kappa shape index (κ1) is 8.68. The Hall–Kier alpha value is -0.410. The van der Waals surface area contributed by atoms with E-state index in [0.29, 0.717) is 16.8 Å². The van der Waals surface area contributed by atoms with Crippen LogP contribution in [0, 0.1) is 0 Å². The van der Waals surface area contributed by atoms with Gasteiger partial charge in [-0.05, 0) is 18.4 Å². The van der Waals surface area contributed by atoms with Gasteiger partial charge in [-0.2, -0.15) is 0 Å². The van der Waals surface area contributed by atoms with Crippen molar-refractivity contribution in [3.63, 3.8) is 0 Å². The van der Waals surface area contributed by atoms with Crippen LogP contribution in [0.2, 0.25) is 5.15 Å². The zero-order valence-corrected chi connectivity index (χ0v) is 7.65. The van der Waals surface area contributed by atoms with E-state index in [4.69, 9.17) is 16.3 Å². The van der Waals surface area contributed by atoms with Crippen LogP contribution in [0.15, 0.2) is 18.3 Å². The van der Waals surface area contributed by atoms with E-state index in [0.717, 1.165) is 0 Å². The van der Waals surface area contributed by atoms with Gasteiger partial charge in [0, 0.05) is 6.20 Å². The molecule has 1 heterocycles. The number of halogens is 1. The predicted octanol–water partition coefficient (Wildman–Crippen LogP) is 2.43. The summed E-state index contributed by atoms with van der Waals surface area (Å²) < 4.78 is 5.25. The molecule has 0 aliphatic rings. The van der Waals surface area contributed by atoms with E-state index in [-0.39, 0.29) is 0 Å². The molecule has 60 valence electrons. The molecular formula is C7H8ClNOS. The Balaban J connectivity index is 2.62. The number of hydrogen-bond donors (Lipinski definition) is 0. The standard InChI is InChI=1S/C7H8ClNOS/c1-11-5-10-6-3-2-4-9-7(6)8/h2-4H,5H2,1H3. The van der Waals surface area contributed by atoms with Gasteiger partial charge in [-0.25, -0.2) is 4.98 Å². The average molecular weight is 190 g/mol. The van der Waals surface area contributed by atoms with Crippen LogP contribution in [0.5, 0.6) is 5.75 Å². The van der Waals surface area contributed by atoms with Crippen LogP contribution in [0.1, 0.15) is 0 Å². The summed E-state index contributed by atoms with van der Waals surface area (Å²) >= 11 is 7.31. The van der Waals surface area contributed by atoms with Gasteiger partial charge < -0.3 is 4.74 Å². The molecule has 11 heavy (non-hydrogen) atoms. The summed E-state index contributed by atoms with van der Waals surface area (Å²) in [6, 6.07) is 3.59. The number of hydrogen-bond acceptors (Lipinski definition) is 3. The first-order chi connectivity index (χ1) is 5.34. The summed E-state index contributed by atoms with van der Waals surface area (Å²) in [6.45, 7) is 0. The second kappa shape index (κ2) is 4.46. The smallest absolute Gasteiger partial charge is 0.171 e. The fourth-order valence-electron chi connectivity index (χ4n) is 0.601. The molecule has 0 unspecified atom stereocenters. The van der Waals surface area contributed by atoms with Crippen LogP contribution in [0.25, 0.3) is 0 Å². The molecule has 0 amide bonds. The topological polar surface area (TPSA) is 22.1 Å². The highest BCUT2D eigenvalue weighted by molar-refractivity contribution is 7.98. The molecule has 1 aromatic rings. The Morgan fingerprint density at radius 3 is 3.18 bits per heavy atom. The van der Waals surface area contributed by atoms with Gasteiger partial charge in [-0.3, -0.25) is 0 Å². The zero-order chi connectivity index (χ0) is 8.10. The summed E-state index contributed by atoms with van der Waals surface area (Å²) in [5.74, 6) is 1.24. The van der Waals surface area contributed by atoms with Crippen LogP contribution in [-0.4, -0.2) is 17.2 Å². The van der Waals surface area contributed by atoms with Crippen LogP contribution >= 0.6 is 23.4 Å². The van der Waals surface area contributed by atoms with E-state index in [1.807, 2.05) is 6.26 Å². The normalized spacial score (nSPS) is 9.64. The van der Waals surface area contributed by atoms with Crippen LogP contribution in [0.3, 0.4) is 0 Å². The molecule has 0 radical (unpaired) electrons. The van der Waals surface area contributed by atoms with Gasteiger partial charge in [0.2, 0.25) is 0 Å². The third-order valence-corrected chi connectivity index (χ3v) is 1.69. The largest absolute Gasteiger partial charge is 0.480 e. The minimum atomic E-state index is 0.418. The minimum absolute atomic E-state index is 0.418. The Kier molecular flexibility index (Phi) is 3.52. The van der Waals surface area contributed by atoms with Crippen molar-refractivity contribution in [2.75, 3.05) is 12.2 Å². The summed E-state index contributed by atoms with van der Waals surface area (Å²) in [5.41, 5.74) is 0. The van der Waals surface area contributed by atoms with Crippen molar-refractivity contribution in [3.8, 4) is 5.75 Å². The quantitative estimate of drug-likeness (QED) is 0.539. The van der Waals surface area contributed by atoms with E-state index < -0.39 is 0 Å². The van der Waals surface area contributed by atoms with E-state index >= 15 is 0 Å². The number of aromatic nitrogens is 1. The highest BCUT2D eigenvalue weighted by atomic mass is 35.5. The highest BCUT2D eigenvalue weighted by Gasteiger charge is 1.98. The second-order valence-electron chi connectivity index (χ2n) is 1.84. The van der Waals surface area contributed by atoms with Crippen molar-refractivity contribution in [2.24, 2.45) is 0 Å². The van der Waals surface area contributed by atoms with Crippen molar-refractivity contribution in [1.29, 1.82) is 0 Å². The molecule has 0 saturated heterocycles. The molecule has 0 fully saturated rings. The molecule has 1 rings (SSSR count). The number of pyridine rings is 1. The SMILES string of the molecule is CSCOc1cccnc1Cl. The molecule has 4 heteroatoms. The van der Waals surface area contributed by atoms with Gasteiger partial charge in [0.05, 0.1) is 0 Å². The maximum Gasteiger partial charge on any atom is 0.171 e. The average Bonchev–Trinajstić information content (AvgIpc) is 2.03. The number of ether oxygens (including phenoxy) is 1. The number of nitrogens with zero attached hydrogens (tertiary/aromatic N) is 1. The Morgan fingerprint density at radius 2 is 2.55 bits per heavy atom. The van der Waals surface area contributed by atoms with E-state index in [9.17, 15) is 0 Å². The monoisotopic (exact) mass is 189 g/mol. The Morgan fingerprint density at radius 1 is 1.73 bits per heavy atom. The first-order valence-electron chi connectivity index (χ1n) is 3.07. The van der Waals surface area contributed by atoms with E-state index in [2.05, 4.69) is 4.98 Å². The highest BCUT2D eigenvalue weighted by Crippen LogP contribution is 2.20. The summed E-state index contributed by atoms with van der Waals surface area (Å²) in [5, 5.41) is 0.418. The van der Waals surface area contributed by atoms with Crippen LogP contribution < -0.4 is 4.74 Å². The van der Waals surface area contributed by atoms with Crippen molar-refractivity contribution in [1.82, 2.24) is 4.98 Å². The van der Waals surface area contributed by atoms with Gasteiger partial charge in [-0.15, -0.1) is 11.8 Å². The number of rotatable bonds is 3. The first-order valence-corrected chi connectivity index (χ1v) is 4.84. The summed E-state index contributed by atoms with van der Waals surface area (Å²) in [4.78, 5) is 3.86. The fraction of sp³-hybridized carbons (Fsp3) is 0.286. The fourth-order valence-corrected chi connectivity index (χ4v) is 1.02. The van der Waals surface area contributed by atoms with E-state index in [1.165, 1.54) is 0 Å². The van der Waals surface area contributed by atoms with Gasteiger partial charge in [0.25, 0.3) is 0 Å². The third-order valence-electron chi connectivity index (χ3n) is 1.06. The van der Waals surface area contributed by atoms with Crippen molar-refractivity contribution < 1.29 is 4.74 Å². The van der Waals surface area contributed by atoms with Crippen molar-refractivity contribution in [2.45, 2.75) is 0 Å². The lowest BCUT2D eigenvalue weighted by Crippen LogP contribution is -1.92. The van der Waals surface area contributed by atoms with Crippen molar-refractivity contribution >= 4 is 23.4 Å². The van der Waals surface area contributed by atoms with Crippen LogP contribution in [-0.2, 0) is 0 Å². The Bertz CT molecular complexity index is 231. The molecule has 0 aromatic carbocycles. The minimum Gasteiger partial charge on any atom is -0.480 e. The van der Waals surface area contributed by atoms with Gasteiger partial charge in [0.15, 0.2) is 10.9 Å². The zero-order valence-electron chi connectivity index (χ0n) is 6.08. The summed E-state index contributed by atoms with van der Waals surface area (Å²) in [6.07, 6.45) is 3.60. The Labute approximate surface area is 74.9 Å². The van der Waals surface area contributed by atoms with Gasteiger partial charge in [0.1, 0.15) is 5.94 Å².